The van der Waals surface area contributed by atoms with E-state index >= 15 is 0 Å². The normalized spacial score (nSPS) is 11.8. The Balaban J connectivity index is 2.17. The van der Waals surface area contributed by atoms with Crippen molar-refractivity contribution in [2.45, 2.75) is 19.4 Å². The van der Waals surface area contributed by atoms with Gasteiger partial charge in [0.25, 0.3) is 5.91 Å². The van der Waals surface area contributed by atoms with Gasteiger partial charge < -0.3 is 15.3 Å². The summed E-state index contributed by atoms with van der Waals surface area (Å²) in [5, 5.41) is 11.8. The fraction of sp³-hybridized carbons (Fsp3) is 0.333. The molecule has 5 nitrogen and oxygen atoms in total. The third-order valence-electron chi connectivity index (χ3n) is 3.66. The average Bonchev–Trinajstić information content (AvgIpc) is 2.55. The quantitative estimate of drug-likeness (QED) is 0.859. The first-order chi connectivity index (χ1) is 11.0. The number of aliphatic hydroxyl groups excluding tert-OH is 1. The molecule has 0 spiro atoms. The molecule has 0 radical (unpaired) electrons. The molecule has 0 aliphatic carbocycles. The van der Waals surface area contributed by atoms with E-state index in [0.717, 1.165) is 16.8 Å². The molecule has 0 fully saturated rings. The highest BCUT2D eigenvalue weighted by Crippen LogP contribution is 2.22. The van der Waals surface area contributed by atoms with Crippen LogP contribution < -0.4 is 10.2 Å². The number of anilines is 1. The lowest BCUT2D eigenvalue weighted by molar-refractivity contribution is 0.0934. The maximum atomic E-state index is 12.2. The minimum absolute atomic E-state index is 0.0535. The molecule has 2 aromatic rings. The lowest BCUT2D eigenvalue weighted by atomic mass is 10.0. The average molecular weight is 313 g/mol. The van der Waals surface area contributed by atoms with Gasteiger partial charge in [0.1, 0.15) is 0 Å². The van der Waals surface area contributed by atoms with Crippen molar-refractivity contribution < 1.29 is 9.90 Å². The maximum absolute atomic E-state index is 12.2. The molecule has 23 heavy (non-hydrogen) atoms. The van der Waals surface area contributed by atoms with Crippen molar-refractivity contribution in [2.24, 2.45) is 0 Å². The zero-order valence-corrected chi connectivity index (χ0v) is 13.8. The molecule has 1 unspecified atom stereocenters. The van der Waals surface area contributed by atoms with Crippen molar-refractivity contribution in [2.75, 3.05) is 25.6 Å². The molecule has 0 saturated carbocycles. The Labute approximate surface area is 137 Å². The zero-order chi connectivity index (χ0) is 16.8. The fourth-order valence-corrected chi connectivity index (χ4v) is 2.25. The number of amides is 1. The number of pyridine rings is 1. The fourth-order valence-electron chi connectivity index (χ4n) is 2.25. The Bertz CT molecular complexity index is 654. The number of carbonyl (C=O) groups excluding carboxylic acids is 1. The summed E-state index contributed by atoms with van der Waals surface area (Å²) in [6, 6.07) is 9.86. The van der Waals surface area contributed by atoms with E-state index < -0.39 is 0 Å². The van der Waals surface area contributed by atoms with Gasteiger partial charge in [-0.1, -0.05) is 12.1 Å². The molecule has 2 rings (SSSR count). The SMILES string of the molecule is CC(CCO)NC(=O)c1cncc(-c2ccc(N(C)C)cc2)c1. The molecule has 0 saturated heterocycles. The molecule has 0 aliphatic heterocycles. The van der Waals surface area contributed by atoms with Gasteiger partial charge in [0.2, 0.25) is 0 Å². The number of nitrogens with zero attached hydrogens (tertiary/aromatic N) is 2. The van der Waals surface area contributed by atoms with Gasteiger partial charge in [-0.3, -0.25) is 9.78 Å². The first-order valence-corrected chi connectivity index (χ1v) is 7.66. The number of aromatic nitrogens is 1. The van der Waals surface area contributed by atoms with Gasteiger partial charge in [-0.05, 0) is 37.1 Å². The third-order valence-corrected chi connectivity index (χ3v) is 3.66. The van der Waals surface area contributed by atoms with Crippen molar-refractivity contribution in [1.29, 1.82) is 0 Å². The van der Waals surface area contributed by atoms with Crippen LogP contribution in [-0.2, 0) is 0 Å². The summed E-state index contributed by atoms with van der Waals surface area (Å²) in [6.07, 6.45) is 3.84. The summed E-state index contributed by atoms with van der Waals surface area (Å²) in [5.41, 5.74) is 3.55. The highest BCUT2D eigenvalue weighted by Gasteiger charge is 2.11. The number of rotatable bonds is 6. The predicted octanol–water partition coefficient (Wildman–Crippen LogP) is 2.32. The summed E-state index contributed by atoms with van der Waals surface area (Å²) in [6.45, 7) is 1.92. The summed E-state index contributed by atoms with van der Waals surface area (Å²) < 4.78 is 0. The third kappa shape index (κ3) is 4.53. The predicted molar refractivity (Wildman–Crippen MR) is 92.6 cm³/mol. The van der Waals surface area contributed by atoms with Crippen molar-refractivity contribution in [3.8, 4) is 11.1 Å². The number of carbonyl (C=O) groups is 1. The monoisotopic (exact) mass is 313 g/mol. The van der Waals surface area contributed by atoms with Crippen LogP contribution >= 0.6 is 0 Å². The van der Waals surface area contributed by atoms with Gasteiger partial charge in [0, 0.05) is 50.4 Å². The van der Waals surface area contributed by atoms with Crippen LogP contribution in [0.5, 0.6) is 0 Å². The largest absolute Gasteiger partial charge is 0.396 e. The van der Waals surface area contributed by atoms with Gasteiger partial charge in [0.15, 0.2) is 0 Å². The molecular formula is C18H23N3O2. The minimum atomic E-state index is -0.176. The number of nitrogens with one attached hydrogen (secondary N) is 1. The molecule has 0 bridgehead atoms. The Hall–Kier alpha value is -2.40. The van der Waals surface area contributed by atoms with E-state index in [4.69, 9.17) is 5.11 Å². The molecule has 0 aliphatic rings. The van der Waals surface area contributed by atoms with Gasteiger partial charge in [-0.15, -0.1) is 0 Å². The van der Waals surface area contributed by atoms with Crippen LogP contribution in [0.4, 0.5) is 5.69 Å². The maximum Gasteiger partial charge on any atom is 0.253 e. The van der Waals surface area contributed by atoms with Crippen molar-refractivity contribution in [1.82, 2.24) is 10.3 Å². The second-order valence-corrected chi connectivity index (χ2v) is 5.79. The van der Waals surface area contributed by atoms with Gasteiger partial charge in [-0.2, -0.15) is 0 Å². The van der Waals surface area contributed by atoms with Crippen LogP contribution in [0.1, 0.15) is 23.7 Å². The lowest BCUT2D eigenvalue weighted by Gasteiger charge is -2.14. The Kier molecular flexibility index (Phi) is 5.71. The van der Waals surface area contributed by atoms with Gasteiger partial charge >= 0.3 is 0 Å². The molecule has 1 amide bonds. The standard InChI is InChI=1S/C18H23N3O2/c1-13(8-9-22)20-18(23)16-10-15(11-19-12-16)14-4-6-17(7-5-14)21(2)3/h4-7,10-13,22H,8-9H2,1-3H3,(H,20,23). The topological polar surface area (TPSA) is 65.5 Å². The molecule has 1 aromatic carbocycles. The van der Waals surface area contributed by atoms with Crippen LogP contribution in [0, 0.1) is 0 Å². The number of benzene rings is 1. The summed E-state index contributed by atoms with van der Waals surface area (Å²) in [4.78, 5) is 18.4. The van der Waals surface area contributed by atoms with Crippen LogP contribution in [0.15, 0.2) is 42.7 Å². The van der Waals surface area contributed by atoms with Crippen LogP contribution in [-0.4, -0.2) is 42.7 Å². The van der Waals surface area contributed by atoms with Gasteiger partial charge in [0.05, 0.1) is 5.56 Å². The van der Waals surface area contributed by atoms with Crippen molar-refractivity contribution in [3.05, 3.63) is 48.3 Å². The molecule has 1 heterocycles. The molecule has 2 N–H and O–H groups in total. The Morgan fingerprint density at radius 2 is 1.91 bits per heavy atom. The second-order valence-electron chi connectivity index (χ2n) is 5.79. The van der Waals surface area contributed by atoms with Crippen molar-refractivity contribution >= 4 is 11.6 Å². The van der Waals surface area contributed by atoms with E-state index in [9.17, 15) is 4.79 Å². The Morgan fingerprint density at radius 1 is 1.22 bits per heavy atom. The highest BCUT2D eigenvalue weighted by atomic mass is 16.3. The summed E-state index contributed by atoms with van der Waals surface area (Å²) in [7, 11) is 3.99. The van der Waals surface area contributed by atoms with Crippen LogP contribution in [0.2, 0.25) is 0 Å². The highest BCUT2D eigenvalue weighted by molar-refractivity contribution is 5.95. The number of hydrogen-bond donors (Lipinski definition) is 2. The molecule has 1 atom stereocenters. The molecular weight excluding hydrogens is 290 g/mol. The summed E-state index contributed by atoms with van der Waals surface area (Å²) in [5.74, 6) is -0.176. The summed E-state index contributed by atoms with van der Waals surface area (Å²) >= 11 is 0. The first kappa shape index (κ1) is 17.0. The van der Waals surface area contributed by atoms with Crippen LogP contribution in [0.25, 0.3) is 11.1 Å². The minimum Gasteiger partial charge on any atom is -0.396 e. The van der Waals surface area contributed by atoms with Crippen molar-refractivity contribution in [3.63, 3.8) is 0 Å². The van der Waals surface area contributed by atoms with E-state index in [1.807, 2.05) is 56.3 Å². The smallest absolute Gasteiger partial charge is 0.253 e. The van der Waals surface area contributed by atoms with E-state index in [1.54, 1.807) is 12.4 Å². The lowest BCUT2D eigenvalue weighted by Crippen LogP contribution is -2.33. The second kappa shape index (κ2) is 7.74. The van der Waals surface area contributed by atoms with Gasteiger partial charge in [-0.25, -0.2) is 0 Å². The van der Waals surface area contributed by atoms with E-state index in [-0.39, 0.29) is 18.6 Å². The zero-order valence-electron chi connectivity index (χ0n) is 13.8. The van der Waals surface area contributed by atoms with Crippen LogP contribution in [0.3, 0.4) is 0 Å². The van der Waals surface area contributed by atoms with E-state index in [2.05, 4.69) is 10.3 Å². The van der Waals surface area contributed by atoms with E-state index in [0.29, 0.717) is 12.0 Å². The number of aliphatic hydroxyl groups is 1. The Morgan fingerprint density at radius 3 is 2.52 bits per heavy atom. The molecule has 1 aromatic heterocycles. The molecule has 5 heteroatoms. The van der Waals surface area contributed by atoms with E-state index in [1.165, 1.54) is 0 Å². The number of hydrogen-bond acceptors (Lipinski definition) is 4. The molecule has 122 valence electrons. The first-order valence-electron chi connectivity index (χ1n) is 7.66.